The van der Waals surface area contributed by atoms with Gasteiger partial charge in [0, 0.05) is 10.4 Å². The van der Waals surface area contributed by atoms with Gasteiger partial charge in [0.2, 0.25) is 0 Å². The maximum atomic E-state index is 12.4. The molecule has 27 heavy (non-hydrogen) atoms. The number of aryl methyl sites for hydroxylation is 2. The SMILES string of the molecule is COc1cc(/C(C)=N\Nc2ncnc3sc(C)c(C)c23)ccc1OC(F)F. The molecule has 0 aliphatic carbocycles. The summed E-state index contributed by atoms with van der Waals surface area (Å²) in [6, 6.07) is 4.65. The third-order valence-corrected chi connectivity index (χ3v) is 5.21. The number of halogens is 2. The van der Waals surface area contributed by atoms with E-state index in [4.69, 9.17) is 4.74 Å². The van der Waals surface area contributed by atoms with Crippen LogP contribution in [0.1, 0.15) is 22.9 Å². The Labute approximate surface area is 158 Å². The first-order valence-corrected chi connectivity index (χ1v) is 8.86. The van der Waals surface area contributed by atoms with Gasteiger partial charge in [-0.05, 0) is 44.5 Å². The number of rotatable bonds is 6. The molecule has 9 heteroatoms. The number of methoxy groups -OCH3 is 1. The number of ether oxygens (including phenoxy) is 2. The van der Waals surface area contributed by atoms with E-state index in [1.165, 1.54) is 24.4 Å². The highest BCUT2D eigenvalue weighted by atomic mass is 32.1. The van der Waals surface area contributed by atoms with Crippen molar-refractivity contribution in [3.05, 3.63) is 40.5 Å². The lowest BCUT2D eigenvalue weighted by molar-refractivity contribution is -0.0512. The normalized spacial score (nSPS) is 11.9. The van der Waals surface area contributed by atoms with E-state index in [1.54, 1.807) is 30.4 Å². The lowest BCUT2D eigenvalue weighted by Gasteiger charge is -2.11. The Balaban J connectivity index is 1.88. The molecule has 1 aromatic carbocycles. The molecule has 0 amide bonds. The van der Waals surface area contributed by atoms with E-state index >= 15 is 0 Å². The van der Waals surface area contributed by atoms with Crippen LogP contribution in [0.25, 0.3) is 10.2 Å². The zero-order chi connectivity index (χ0) is 19.6. The summed E-state index contributed by atoms with van der Waals surface area (Å²) < 4.78 is 34.4. The molecular weight excluding hydrogens is 374 g/mol. The Hall–Kier alpha value is -2.81. The topological polar surface area (TPSA) is 68.6 Å². The summed E-state index contributed by atoms with van der Waals surface area (Å²) in [4.78, 5) is 10.6. The number of fused-ring (bicyclic) bond motifs is 1. The fraction of sp³-hybridized carbons (Fsp3) is 0.278. The Morgan fingerprint density at radius 2 is 2.00 bits per heavy atom. The number of hydrogen-bond donors (Lipinski definition) is 1. The van der Waals surface area contributed by atoms with Crippen molar-refractivity contribution in [1.82, 2.24) is 9.97 Å². The van der Waals surface area contributed by atoms with Crippen LogP contribution in [0.3, 0.4) is 0 Å². The molecule has 0 aliphatic rings. The molecule has 3 rings (SSSR count). The van der Waals surface area contributed by atoms with Crippen LogP contribution >= 0.6 is 11.3 Å². The molecule has 3 aromatic rings. The maximum Gasteiger partial charge on any atom is 0.387 e. The molecule has 0 aliphatic heterocycles. The number of nitrogens with one attached hydrogen (secondary N) is 1. The fourth-order valence-corrected chi connectivity index (χ4v) is 3.55. The molecule has 1 N–H and O–H groups in total. The van der Waals surface area contributed by atoms with E-state index in [0.29, 0.717) is 17.1 Å². The lowest BCUT2D eigenvalue weighted by atomic mass is 10.1. The van der Waals surface area contributed by atoms with Crippen molar-refractivity contribution < 1.29 is 18.3 Å². The minimum Gasteiger partial charge on any atom is -0.493 e. The Morgan fingerprint density at radius 3 is 2.70 bits per heavy atom. The number of hydrogen-bond acceptors (Lipinski definition) is 7. The van der Waals surface area contributed by atoms with Gasteiger partial charge in [-0.25, -0.2) is 9.97 Å². The quantitative estimate of drug-likeness (QED) is 0.484. The van der Waals surface area contributed by atoms with Crippen molar-refractivity contribution >= 4 is 33.1 Å². The minimum absolute atomic E-state index is 0.0288. The van der Waals surface area contributed by atoms with Gasteiger partial charge in [0.15, 0.2) is 17.3 Å². The molecule has 142 valence electrons. The first kappa shape index (κ1) is 19.0. The van der Waals surface area contributed by atoms with Gasteiger partial charge in [-0.2, -0.15) is 13.9 Å². The number of alkyl halides is 2. The predicted octanol–water partition coefficient (Wildman–Crippen LogP) is 4.75. The fourth-order valence-electron chi connectivity index (χ4n) is 2.55. The zero-order valence-electron chi connectivity index (χ0n) is 15.2. The summed E-state index contributed by atoms with van der Waals surface area (Å²) in [7, 11) is 1.39. The van der Waals surface area contributed by atoms with Crippen molar-refractivity contribution in [2.75, 3.05) is 12.5 Å². The molecule has 0 spiro atoms. The monoisotopic (exact) mass is 392 g/mol. The second-order valence-electron chi connectivity index (χ2n) is 5.74. The van der Waals surface area contributed by atoms with Gasteiger partial charge in [0.1, 0.15) is 11.2 Å². The number of thiophene rings is 1. The molecule has 0 saturated heterocycles. The lowest BCUT2D eigenvalue weighted by Crippen LogP contribution is -2.05. The largest absolute Gasteiger partial charge is 0.493 e. The molecule has 0 unspecified atom stereocenters. The van der Waals surface area contributed by atoms with Crippen molar-refractivity contribution in [2.45, 2.75) is 27.4 Å². The summed E-state index contributed by atoms with van der Waals surface area (Å²) in [5.41, 5.74) is 5.42. The molecule has 0 saturated carbocycles. The van der Waals surface area contributed by atoms with Gasteiger partial charge in [-0.15, -0.1) is 11.3 Å². The van der Waals surface area contributed by atoms with Crippen LogP contribution in [0.5, 0.6) is 11.5 Å². The van der Waals surface area contributed by atoms with Crippen molar-refractivity contribution in [3.63, 3.8) is 0 Å². The van der Waals surface area contributed by atoms with Crippen LogP contribution in [0.15, 0.2) is 29.6 Å². The van der Waals surface area contributed by atoms with Crippen molar-refractivity contribution in [1.29, 1.82) is 0 Å². The van der Waals surface area contributed by atoms with E-state index in [2.05, 4.69) is 25.2 Å². The van der Waals surface area contributed by atoms with Crippen molar-refractivity contribution in [3.8, 4) is 11.5 Å². The Kier molecular flexibility index (Phi) is 5.50. The summed E-state index contributed by atoms with van der Waals surface area (Å²) in [5.74, 6) is 0.792. The molecular formula is C18H18F2N4O2S. The van der Waals surface area contributed by atoms with Crippen LogP contribution in [0.4, 0.5) is 14.6 Å². The van der Waals surface area contributed by atoms with E-state index < -0.39 is 6.61 Å². The van der Waals surface area contributed by atoms with E-state index in [-0.39, 0.29) is 11.5 Å². The van der Waals surface area contributed by atoms with Crippen LogP contribution in [-0.2, 0) is 0 Å². The van der Waals surface area contributed by atoms with Crippen molar-refractivity contribution in [2.24, 2.45) is 5.10 Å². The molecule has 0 radical (unpaired) electrons. The van der Waals surface area contributed by atoms with Crippen LogP contribution in [0, 0.1) is 13.8 Å². The molecule has 0 fully saturated rings. The van der Waals surface area contributed by atoms with Gasteiger partial charge in [-0.3, -0.25) is 5.43 Å². The van der Waals surface area contributed by atoms with E-state index in [1.807, 2.05) is 13.8 Å². The highest BCUT2D eigenvalue weighted by Gasteiger charge is 2.13. The van der Waals surface area contributed by atoms with Crippen LogP contribution in [0.2, 0.25) is 0 Å². The number of nitrogens with zero attached hydrogens (tertiary/aromatic N) is 3. The standard InChI is InChI=1S/C18H18F2N4O2S/c1-9-11(3)27-17-15(9)16(21-8-22-17)24-23-10(2)12-5-6-13(26-18(19)20)14(7-12)25-4/h5-8,18H,1-4H3,(H,21,22,24)/b23-10-. The van der Waals surface area contributed by atoms with E-state index in [9.17, 15) is 8.78 Å². The zero-order valence-corrected chi connectivity index (χ0v) is 16.0. The number of benzene rings is 1. The summed E-state index contributed by atoms with van der Waals surface area (Å²) in [6.45, 7) is 2.93. The third-order valence-electron chi connectivity index (χ3n) is 4.09. The van der Waals surface area contributed by atoms with Gasteiger partial charge in [0.05, 0.1) is 18.2 Å². The molecule has 6 nitrogen and oxygen atoms in total. The molecule has 2 aromatic heterocycles. The van der Waals surface area contributed by atoms with Crippen LogP contribution < -0.4 is 14.9 Å². The Morgan fingerprint density at radius 1 is 1.22 bits per heavy atom. The molecule has 2 heterocycles. The smallest absolute Gasteiger partial charge is 0.387 e. The molecule has 0 bridgehead atoms. The first-order chi connectivity index (χ1) is 12.9. The van der Waals surface area contributed by atoms with Gasteiger partial charge in [0.25, 0.3) is 0 Å². The minimum atomic E-state index is -2.92. The number of anilines is 1. The van der Waals surface area contributed by atoms with Crippen LogP contribution in [-0.4, -0.2) is 29.4 Å². The third kappa shape index (κ3) is 3.97. The maximum absolute atomic E-state index is 12.4. The number of hydrazone groups is 1. The highest BCUT2D eigenvalue weighted by Crippen LogP contribution is 2.33. The average Bonchev–Trinajstić information content (AvgIpc) is 2.94. The summed E-state index contributed by atoms with van der Waals surface area (Å²) >= 11 is 1.60. The highest BCUT2D eigenvalue weighted by molar-refractivity contribution is 7.18. The van der Waals surface area contributed by atoms with Gasteiger partial charge in [-0.1, -0.05) is 0 Å². The second kappa shape index (κ2) is 7.83. The summed E-state index contributed by atoms with van der Waals surface area (Å²) in [6.07, 6.45) is 1.49. The Bertz CT molecular complexity index is 1000. The van der Waals surface area contributed by atoms with Gasteiger partial charge < -0.3 is 9.47 Å². The van der Waals surface area contributed by atoms with E-state index in [0.717, 1.165) is 15.8 Å². The predicted molar refractivity (Wildman–Crippen MR) is 102 cm³/mol. The summed E-state index contributed by atoms with van der Waals surface area (Å²) in [5, 5.41) is 5.31. The number of aromatic nitrogens is 2. The average molecular weight is 392 g/mol. The first-order valence-electron chi connectivity index (χ1n) is 8.05. The second-order valence-corrected chi connectivity index (χ2v) is 6.94. The molecule has 0 atom stereocenters. The van der Waals surface area contributed by atoms with Gasteiger partial charge >= 0.3 is 6.61 Å².